The van der Waals surface area contributed by atoms with Crippen molar-refractivity contribution in [2.45, 2.75) is 86.6 Å². The molecular formula is C18H57BLiO7. The zero-order valence-corrected chi connectivity index (χ0v) is 13.7. The first-order valence-electron chi connectivity index (χ1n) is 5.31. The van der Waals surface area contributed by atoms with Gasteiger partial charge in [0.1, 0.15) is 0 Å². The summed E-state index contributed by atoms with van der Waals surface area (Å²) in [6, 6.07) is 0. The third-order valence-electron chi connectivity index (χ3n) is 0.287. The number of hydrogen-bond acceptors (Lipinski definition) is 6. The molecule has 0 aromatic carbocycles. The maximum Gasteiger partial charge on any atom is 1.00 e. The molecule has 0 heterocycles. The van der Waals surface area contributed by atoms with Crippen molar-refractivity contribution < 1.29 is 55.0 Å². The van der Waals surface area contributed by atoms with Crippen LogP contribution >= 0.6 is 0 Å². The second kappa shape index (κ2) is 170. The number of carboxylic acid groups (broad SMARTS) is 1. The first-order valence-corrected chi connectivity index (χ1v) is 5.31. The van der Waals surface area contributed by atoms with E-state index in [4.69, 9.17) is 25.2 Å². The van der Waals surface area contributed by atoms with E-state index >= 15 is 0 Å². The number of aliphatic hydroxyl groups excluding tert-OH is 3. The van der Waals surface area contributed by atoms with Gasteiger partial charge >= 0.3 is 24.8 Å². The van der Waals surface area contributed by atoms with Gasteiger partial charge in [-0.3, -0.25) is 9.59 Å². The summed E-state index contributed by atoms with van der Waals surface area (Å²) < 4.78 is 4.11. The molecule has 27 heavy (non-hydrogen) atoms. The number of esters is 1. The van der Waals surface area contributed by atoms with Gasteiger partial charge in [0.2, 0.25) is 0 Å². The van der Waals surface area contributed by atoms with Crippen LogP contribution in [0.4, 0.5) is 0 Å². The van der Waals surface area contributed by atoms with Crippen LogP contribution in [0, 0.1) is 0 Å². The van der Waals surface area contributed by atoms with E-state index in [0.29, 0.717) is 0 Å². The normalized spacial score (nSPS) is 4.19. The van der Waals surface area contributed by atoms with Crippen LogP contribution in [0.1, 0.15) is 88.0 Å². The Morgan fingerprint density at radius 1 is 0.741 bits per heavy atom. The molecule has 175 valence electrons. The maximum atomic E-state index is 9.59. The summed E-state index contributed by atoms with van der Waals surface area (Å²) in [4.78, 5) is 18.6. The Morgan fingerprint density at radius 2 is 0.778 bits per heavy atom. The Bertz CT molecular complexity index is 151. The summed E-state index contributed by atoms with van der Waals surface area (Å²) in [5.41, 5.74) is 0. The van der Waals surface area contributed by atoms with E-state index < -0.39 is 5.97 Å². The van der Waals surface area contributed by atoms with E-state index in [1.54, 1.807) is 20.8 Å². The molecule has 0 bridgehead atoms. The Kier molecular flexibility index (Phi) is 694. The third-order valence-corrected chi connectivity index (χ3v) is 0.287. The number of methoxy groups -OCH3 is 1. The van der Waals surface area contributed by atoms with E-state index in [-0.39, 0.29) is 106 Å². The first kappa shape index (κ1) is 110. The van der Waals surface area contributed by atoms with Crippen molar-refractivity contribution in [1.29, 1.82) is 0 Å². The predicted molar refractivity (Wildman–Crippen MR) is 123 cm³/mol. The van der Waals surface area contributed by atoms with Crippen LogP contribution in [-0.4, -0.2) is 67.7 Å². The van der Waals surface area contributed by atoms with Crippen LogP contribution in [-0.2, 0) is 14.3 Å². The summed E-state index contributed by atoms with van der Waals surface area (Å²) in [6.45, 7) is 8.24. The number of carbonyl (C=O) groups excluding carboxylic acids is 1. The number of aliphatic hydroxyl groups is 3. The van der Waals surface area contributed by atoms with E-state index in [9.17, 15) is 4.79 Å². The second-order valence-electron chi connectivity index (χ2n) is 2.16. The Balaban J connectivity index is -0.00000000539. The van der Waals surface area contributed by atoms with E-state index in [1.807, 2.05) is 0 Å². The molecule has 0 aromatic heterocycles. The summed E-state index contributed by atoms with van der Waals surface area (Å²) in [6.07, 6.45) is 0. The summed E-state index contributed by atoms with van der Waals surface area (Å²) in [7, 11) is 1.35. The van der Waals surface area contributed by atoms with Crippen molar-refractivity contribution in [2.75, 3.05) is 26.9 Å². The van der Waals surface area contributed by atoms with Crippen molar-refractivity contribution >= 4 is 20.4 Å². The van der Waals surface area contributed by atoms with Crippen LogP contribution in [0.15, 0.2) is 0 Å². The Labute approximate surface area is 189 Å². The van der Waals surface area contributed by atoms with E-state index in [0.717, 1.165) is 6.92 Å². The number of hydrogen-bond donors (Lipinski definition) is 4. The zero-order chi connectivity index (χ0) is 16.0. The topological polar surface area (TPSA) is 124 Å². The smallest absolute Gasteiger partial charge is 1.00 e. The van der Waals surface area contributed by atoms with Gasteiger partial charge in [0.25, 0.3) is 5.97 Å². The molecule has 0 unspecified atom stereocenters. The molecule has 3 radical (unpaired) electrons. The molecule has 0 aliphatic carbocycles. The standard InChI is InChI=1S/C3H6O2.C2H4O2.3C2H6O.7CH4.B.Li.H/c1-3(4)5-2;1-2(3)4;3*1-2-3;;;;;;;;;;/h1-2H3;1H3,(H,3,4);3*3H,2H2,1H3;7*1H4;;;/q;;;;;;;;;;;;;+1;-1. The molecule has 4 N–H and O–H groups in total. The van der Waals surface area contributed by atoms with Crippen molar-refractivity contribution in [2.24, 2.45) is 0 Å². The summed E-state index contributed by atoms with van der Waals surface area (Å²) in [5.74, 6) is -1.08. The molecule has 0 rings (SSSR count). The molecule has 0 amide bonds. The minimum Gasteiger partial charge on any atom is -1.00 e. The van der Waals surface area contributed by atoms with Crippen LogP contribution in [0.2, 0.25) is 0 Å². The molecule has 0 atom stereocenters. The molecule has 0 saturated carbocycles. The van der Waals surface area contributed by atoms with Gasteiger partial charge < -0.3 is 26.6 Å². The van der Waals surface area contributed by atoms with Crippen molar-refractivity contribution in [3.8, 4) is 0 Å². The first-order chi connectivity index (χ1) is 8.24. The Morgan fingerprint density at radius 3 is 0.778 bits per heavy atom. The average Bonchev–Trinajstić information content (AvgIpc) is 2.20. The molecule has 0 aliphatic rings. The average molecular weight is 403 g/mol. The van der Waals surface area contributed by atoms with Gasteiger partial charge in [-0.15, -0.1) is 0 Å². The number of carbonyl (C=O) groups is 2. The molecule has 0 aliphatic heterocycles. The quantitative estimate of drug-likeness (QED) is 0.356. The molecule has 0 fully saturated rings. The molecule has 7 nitrogen and oxygen atoms in total. The van der Waals surface area contributed by atoms with Gasteiger partial charge in [0.05, 0.1) is 7.11 Å². The largest absolute Gasteiger partial charge is 1.00 e. The van der Waals surface area contributed by atoms with E-state index in [1.165, 1.54) is 14.0 Å². The van der Waals surface area contributed by atoms with Gasteiger partial charge in [-0.2, -0.15) is 0 Å². The minimum absolute atomic E-state index is 0. The SMILES string of the molecule is C.C.C.C.C.C.C.CC(=O)O.CCO.CCO.CCO.COC(C)=O.[B].[H-].[Li+]. The fourth-order valence-electron chi connectivity index (χ4n) is 0. The number of ether oxygens (including phenoxy) is 1. The monoisotopic (exact) mass is 403 g/mol. The third kappa shape index (κ3) is 6390. The van der Waals surface area contributed by atoms with Crippen molar-refractivity contribution in [3.05, 3.63) is 0 Å². The maximum absolute atomic E-state index is 9.59. The second-order valence-corrected chi connectivity index (χ2v) is 2.16. The van der Waals surface area contributed by atoms with Gasteiger partial charge in [0, 0.05) is 42.1 Å². The molecule has 9 heteroatoms. The minimum atomic E-state index is -0.833. The van der Waals surface area contributed by atoms with Gasteiger partial charge in [-0.25, -0.2) is 0 Å². The fourth-order valence-corrected chi connectivity index (χ4v) is 0. The number of rotatable bonds is 0. The number of carboxylic acids is 1. The molecule has 0 saturated heterocycles. The fraction of sp³-hybridized carbons (Fsp3) is 0.889. The van der Waals surface area contributed by atoms with Crippen molar-refractivity contribution in [1.82, 2.24) is 0 Å². The molecule has 0 spiro atoms. The number of aliphatic carboxylic acids is 1. The summed E-state index contributed by atoms with van der Waals surface area (Å²) in [5, 5.41) is 30.1. The van der Waals surface area contributed by atoms with Gasteiger partial charge in [0.15, 0.2) is 0 Å². The molecule has 0 aromatic rings. The van der Waals surface area contributed by atoms with Gasteiger partial charge in [-0.05, 0) is 20.8 Å². The van der Waals surface area contributed by atoms with Crippen LogP contribution in [0.5, 0.6) is 0 Å². The van der Waals surface area contributed by atoms with Crippen molar-refractivity contribution in [3.63, 3.8) is 0 Å². The van der Waals surface area contributed by atoms with Crippen LogP contribution < -0.4 is 18.9 Å². The van der Waals surface area contributed by atoms with Crippen LogP contribution in [0.3, 0.4) is 0 Å². The van der Waals surface area contributed by atoms with Crippen LogP contribution in [0.25, 0.3) is 0 Å². The molecular weight excluding hydrogens is 346 g/mol. The predicted octanol–water partition coefficient (Wildman–Crippen LogP) is 1.45. The van der Waals surface area contributed by atoms with Gasteiger partial charge in [-0.1, -0.05) is 52.0 Å². The van der Waals surface area contributed by atoms with E-state index in [2.05, 4.69) is 4.74 Å². The summed E-state index contributed by atoms with van der Waals surface area (Å²) >= 11 is 0. The Hall–Kier alpha value is -0.518. The zero-order valence-electron chi connectivity index (χ0n) is 14.7.